The van der Waals surface area contributed by atoms with Crippen LogP contribution in [-0.4, -0.2) is 40.7 Å². The van der Waals surface area contributed by atoms with Gasteiger partial charge in [0.15, 0.2) is 0 Å². The standard InChI is InChI=1S/C22H26N4O4/c1-22(2,3)30-21(28)23-11-6-12-29-16-8-4-7-15(13-16)26-20(27)17-9-5-10-18-19(17)25-14-24-18/h4-5,7-10,13-14H,6,11-12H2,1-3H3,(H,23,28)(H,24,25)(H,26,27). The van der Waals surface area contributed by atoms with Gasteiger partial charge in [-0.3, -0.25) is 4.79 Å². The fourth-order valence-electron chi connectivity index (χ4n) is 2.78. The summed E-state index contributed by atoms with van der Waals surface area (Å²) in [5.41, 5.74) is 2.03. The van der Waals surface area contributed by atoms with Gasteiger partial charge in [-0.25, -0.2) is 9.78 Å². The van der Waals surface area contributed by atoms with E-state index in [0.717, 1.165) is 5.52 Å². The zero-order valence-corrected chi connectivity index (χ0v) is 17.3. The van der Waals surface area contributed by atoms with Crippen LogP contribution in [0.5, 0.6) is 5.75 Å². The SMILES string of the molecule is CC(C)(C)OC(=O)NCCCOc1cccc(NC(=O)c2cccc3[nH]cnc23)c1. The number of amides is 2. The van der Waals surface area contributed by atoms with Gasteiger partial charge in [0.1, 0.15) is 16.9 Å². The number of ether oxygens (including phenoxy) is 2. The Morgan fingerprint density at radius 1 is 1.13 bits per heavy atom. The van der Waals surface area contributed by atoms with Crippen LogP contribution in [0.15, 0.2) is 48.8 Å². The van der Waals surface area contributed by atoms with Crippen LogP contribution in [0.25, 0.3) is 11.0 Å². The van der Waals surface area contributed by atoms with Crippen LogP contribution in [0.4, 0.5) is 10.5 Å². The monoisotopic (exact) mass is 410 g/mol. The maximum atomic E-state index is 12.6. The molecule has 0 saturated carbocycles. The Bertz CT molecular complexity index is 1020. The first-order chi connectivity index (χ1) is 14.3. The topological polar surface area (TPSA) is 105 Å². The van der Waals surface area contributed by atoms with Gasteiger partial charge in [-0.05, 0) is 51.5 Å². The van der Waals surface area contributed by atoms with Crippen LogP contribution in [-0.2, 0) is 4.74 Å². The molecule has 0 aliphatic heterocycles. The average molecular weight is 410 g/mol. The second-order valence-electron chi connectivity index (χ2n) is 7.72. The minimum absolute atomic E-state index is 0.244. The van der Waals surface area contributed by atoms with Crippen molar-refractivity contribution in [3.05, 3.63) is 54.4 Å². The third-order valence-electron chi connectivity index (χ3n) is 4.04. The molecule has 0 unspecified atom stereocenters. The van der Waals surface area contributed by atoms with Crippen LogP contribution >= 0.6 is 0 Å². The fraction of sp³-hybridized carbons (Fsp3) is 0.318. The zero-order chi connectivity index (χ0) is 21.6. The molecule has 0 radical (unpaired) electrons. The molecule has 8 nitrogen and oxygen atoms in total. The molecule has 0 saturated heterocycles. The van der Waals surface area contributed by atoms with Gasteiger partial charge in [0.05, 0.1) is 24.0 Å². The van der Waals surface area contributed by atoms with Crippen molar-refractivity contribution in [2.24, 2.45) is 0 Å². The largest absolute Gasteiger partial charge is 0.493 e. The molecule has 1 aromatic heterocycles. The van der Waals surface area contributed by atoms with Crippen molar-refractivity contribution in [3.63, 3.8) is 0 Å². The zero-order valence-electron chi connectivity index (χ0n) is 17.3. The van der Waals surface area contributed by atoms with Gasteiger partial charge >= 0.3 is 6.09 Å². The highest BCUT2D eigenvalue weighted by Crippen LogP contribution is 2.20. The number of carbonyl (C=O) groups is 2. The number of aromatic nitrogens is 2. The Hall–Kier alpha value is -3.55. The van der Waals surface area contributed by atoms with Gasteiger partial charge in [-0.1, -0.05) is 12.1 Å². The van der Waals surface area contributed by atoms with E-state index in [1.807, 2.05) is 32.9 Å². The number of nitrogens with zero attached hydrogens (tertiary/aromatic N) is 1. The number of nitrogens with one attached hydrogen (secondary N) is 3. The van der Waals surface area contributed by atoms with E-state index in [-0.39, 0.29) is 5.91 Å². The molecule has 0 spiro atoms. The van der Waals surface area contributed by atoms with Crippen molar-refractivity contribution < 1.29 is 19.1 Å². The smallest absolute Gasteiger partial charge is 0.407 e. The Morgan fingerprint density at radius 2 is 1.93 bits per heavy atom. The number of H-pyrrole nitrogens is 1. The molecule has 0 aliphatic rings. The number of aromatic amines is 1. The van der Waals surface area contributed by atoms with Crippen LogP contribution < -0.4 is 15.4 Å². The summed E-state index contributed by atoms with van der Waals surface area (Å²) in [6.45, 7) is 6.31. The second kappa shape index (κ2) is 9.30. The van der Waals surface area contributed by atoms with E-state index < -0.39 is 11.7 Å². The Balaban J connectivity index is 1.48. The van der Waals surface area contributed by atoms with E-state index in [9.17, 15) is 9.59 Å². The maximum Gasteiger partial charge on any atom is 0.407 e. The normalized spacial score (nSPS) is 11.2. The molecule has 2 aromatic carbocycles. The van der Waals surface area contributed by atoms with Crippen molar-refractivity contribution in [2.45, 2.75) is 32.8 Å². The lowest BCUT2D eigenvalue weighted by molar-refractivity contribution is 0.0525. The molecule has 1 heterocycles. The minimum Gasteiger partial charge on any atom is -0.493 e. The Kier molecular flexibility index (Phi) is 6.56. The van der Waals surface area contributed by atoms with Crippen molar-refractivity contribution in [3.8, 4) is 5.75 Å². The molecule has 2 amide bonds. The number of hydrogen-bond acceptors (Lipinski definition) is 5. The summed E-state index contributed by atoms with van der Waals surface area (Å²) < 4.78 is 10.9. The second-order valence-corrected chi connectivity index (χ2v) is 7.72. The number of para-hydroxylation sites is 1. The third kappa shape index (κ3) is 5.97. The molecular weight excluding hydrogens is 384 g/mol. The molecule has 158 valence electrons. The van der Waals surface area contributed by atoms with Crippen LogP contribution in [0.3, 0.4) is 0 Å². The fourth-order valence-corrected chi connectivity index (χ4v) is 2.78. The van der Waals surface area contributed by atoms with Crippen LogP contribution in [0, 0.1) is 0 Å². The summed E-state index contributed by atoms with van der Waals surface area (Å²) in [5.74, 6) is 0.384. The summed E-state index contributed by atoms with van der Waals surface area (Å²) in [4.78, 5) is 31.4. The van der Waals surface area contributed by atoms with Gasteiger partial charge in [0.25, 0.3) is 5.91 Å². The van der Waals surface area contributed by atoms with E-state index in [0.29, 0.717) is 42.1 Å². The van der Waals surface area contributed by atoms with Crippen LogP contribution in [0.1, 0.15) is 37.6 Å². The predicted molar refractivity (Wildman–Crippen MR) is 115 cm³/mol. The molecule has 0 atom stereocenters. The van der Waals surface area contributed by atoms with E-state index in [1.54, 1.807) is 36.7 Å². The van der Waals surface area contributed by atoms with Crippen molar-refractivity contribution in [1.29, 1.82) is 0 Å². The number of benzene rings is 2. The molecule has 3 aromatic rings. The number of alkyl carbamates (subject to hydrolysis) is 1. The lowest BCUT2D eigenvalue weighted by Crippen LogP contribution is -2.33. The number of carbonyl (C=O) groups excluding carboxylic acids is 2. The van der Waals surface area contributed by atoms with E-state index in [1.165, 1.54) is 0 Å². The Morgan fingerprint density at radius 3 is 2.73 bits per heavy atom. The lowest BCUT2D eigenvalue weighted by Gasteiger charge is -2.19. The Labute approximate surface area is 175 Å². The lowest BCUT2D eigenvalue weighted by atomic mass is 10.1. The summed E-state index contributed by atoms with van der Waals surface area (Å²) >= 11 is 0. The first-order valence-electron chi connectivity index (χ1n) is 9.75. The molecule has 0 bridgehead atoms. The molecular formula is C22H26N4O4. The minimum atomic E-state index is -0.520. The van der Waals surface area contributed by atoms with Crippen LogP contribution in [0.2, 0.25) is 0 Å². The van der Waals surface area contributed by atoms with E-state index >= 15 is 0 Å². The summed E-state index contributed by atoms with van der Waals surface area (Å²) in [7, 11) is 0. The first-order valence-corrected chi connectivity index (χ1v) is 9.75. The first kappa shape index (κ1) is 21.2. The van der Waals surface area contributed by atoms with E-state index in [2.05, 4.69) is 20.6 Å². The number of rotatable bonds is 7. The highest BCUT2D eigenvalue weighted by atomic mass is 16.6. The molecule has 3 rings (SSSR count). The maximum absolute atomic E-state index is 12.6. The van der Waals surface area contributed by atoms with Gasteiger partial charge in [0.2, 0.25) is 0 Å². The van der Waals surface area contributed by atoms with E-state index in [4.69, 9.17) is 9.47 Å². The molecule has 0 aliphatic carbocycles. The molecule has 3 N–H and O–H groups in total. The predicted octanol–water partition coefficient (Wildman–Crippen LogP) is 4.11. The van der Waals surface area contributed by atoms with Crippen molar-refractivity contribution >= 4 is 28.7 Å². The summed E-state index contributed by atoms with van der Waals surface area (Å²) in [6, 6.07) is 12.6. The quantitative estimate of drug-likeness (QED) is 0.509. The summed E-state index contributed by atoms with van der Waals surface area (Å²) in [5, 5.41) is 5.56. The third-order valence-corrected chi connectivity index (χ3v) is 4.04. The van der Waals surface area contributed by atoms with Gasteiger partial charge in [0, 0.05) is 18.3 Å². The van der Waals surface area contributed by atoms with Crippen molar-refractivity contribution in [1.82, 2.24) is 15.3 Å². The highest BCUT2D eigenvalue weighted by Gasteiger charge is 2.15. The summed E-state index contributed by atoms with van der Waals surface area (Å²) in [6.07, 6.45) is 1.74. The number of fused-ring (bicyclic) bond motifs is 1. The number of hydrogen-bond donors (Lipinski definition) is 3. The average Bonchev–Trinajstić information content (AvgIpc) is 3.15. The number of imidazole rings is 1. The van der Waals surface area contributed by atoms with Gasteiger partial charge < -0.3 is 25.1 Å². The van der Waals surface area contributed by atoms with Crippen molar-refractivity contribution in [2.75, 3.05) is 18.5 Å². The molecule has 0 fully saturated rings. The highest BCUT2D eigenvalue weighted by molar-refractivity contribution is 6.11. The van der Waals surface area contributed by atoms with Gasteiger partial charge in [-0.2, -0.15) is 0 Å². The van der Waals surface area contributed by atoms with Gasteiger partial charge in [-0.15, -0.1) is 0 Å². The number of anilines is 1. The molecule has 30 heavy (non-hydrogen) atoms. The molecule has 8 heteroatoms.